The Kier molecular flexibility index (Phi) is 9.18. The molecule has 1 unspecified atom stereocenters. The second-order valence-electron chi connectivity index (χ2n) is 7.79. The Hall–Kier alpha value is -3.48. The van der Waals surface area contributed by atoms with Gasteiger partial charge in [-0.1, -0.05) is 36.5 Å². The topological polar surface area (TPSA) is 157 Å². The molecule has 0 radical (unpaired) electrons. The molecule has 12 heteroatoms. The Balaban J connectivity index is 1.79. The molecule has 1 aromatic heterocycles. The van der Waals surface area contributed by atoms with Gasteiger partial charge in [0.2, 0.25) is 11.7 Å². The van der Waals surface area contributed by atoms with Gasteiger partial charge in [-0.3, -0.25) is 14.2 Å². The number of hydrogen-bond donors (Lipinski definition) is 3. The fraction of sp³-hybridized carbons (Fsp3) is 0.391. The molecule has 5 N–H and O–H groups in total. The summed E-state index contributed by atoms with van der Waals surface area (Å²) in [5, 5.41) is 2.75. The van der Waals surface area contributed by atoms with Gasteiger partial charge in [-0.05, 0) is 24.8 Å². The lowest BCUT2D eigenvalue weighted by atomic mass is 10.1. The number of nitrogens with two attached hydrogens (primary N) is 2. The molecule has 0 saturated carbocycles. The Morgan fingerprint density at radius 1 is 1.23 bits per heavy atom. The van der Waals surface area contributed by atoms with E-state index in [1.165, 1.54) is 13.2 Å². The SMILES string of the molecule is COc1cc(COC2CCCCO2)n(CC(=O)NCc2ccc(C(N)=S)cc2)c(=O)c1OC(N)=O. The number of thiocarbonyl (C=S) groups is 1. The van der Waals surface area contributed by atoms with Gasteiger partial charge in [0.1, 0.15) is 11.5 Å². The van der Waals surface area contributed by atoms with Gasteiger partial charge in [0.25, 0.3) is 5.56 Å². The lowest BCUT2D eigenvalue weighted by Crippen LogP contribution is -2.35. The molecule has 1 fully saturated rings. The zero-order valence-electron chi connectivity index (χ0n) is 19.3. The minimum Gasteiger partial charge on any atom is -0.493 e. The number of nitrogens with zero attached hydrogens (tertiary/aromatic N) is 1. The third-order valence-electron chi connectivity index (χ3n) is 5.32. The zero-order chi connectivity index (χ0) is 25.4. The second kappa shape index (κ2) is 12.3. The van der Waals surface area contributed by atoms with Gasteiger partial charge in [-0.25, -0.2) is 4.79 Å². The molecule has 35 heavy (non-hydrogen) atoms. The van der Waals surface area contributed by atoms with E-state index in [-0.39, 0.29) is 30.4 Å². The van der Waals surface area contributed by atoms with Gasteiger partial charge in [0.15, 0.2) is 12.0 Å². The third-order valence-corrected chi connectivity index (χ3v) is 5.55. The van der Waals surface area contributed by atoms with E-state index in [4.69, 9.17) is 42.6 Å². The van der Waals surface area contributed by atoms with Crippen LogP contribution >= 0.6 is 12.2 Å². The van der Waals surface area contributed by atoms with E-state index >= 15 is 0 Å². The first-order chi connectivity index (χ1) is 16.8. The van der Waals surface area contributed by atoms with Gasteiger partial charge in [-0.15, -0.1) is 0 Å². The summed E-state index contributed by atoms with van der Waals surface area (Å²) >= 11 is 4.94. The summed E-state index contributed by atoms with van der Waals surface area (Å²) in [4.78, 5) is 37.4. The minimum absolute atomic E-state index is 0.00784. The van der Waals surface area contributed by atoms with Crippen LogP contribution < -0.4 is 31.8 Å². The summed E-state index contributed by atoms with van der Waals surface area (Å²) in [6.07, 6.45) is 1.04. The quantitative estimate of drug-likeness (QED) is 0.406. The van der Waals surface area contributed by atoms with Crippen LogP contribution in [0.1, 0.15) is 36.1 Å². The van der Waals surface area contributed by atoms with Crippen molar-refractivity contribution in [3.05, 3.63) is 57.5 Å². The standard InChI is InChI=1S/C23H28N4O7S/c1-31-17-10-16(13-33-19-4-2-3-9-32-19)27(22(29)20(17)34-23(25)30)12-18(28)26-11-14-5-7-15(8-6-14)21(24)35/h5-8,10,19H,2-4,9,11-13H2,1H3,(H2,24,35)(H2,25,30)(H,26,28). The number of methoxy groups -OCH3 is 1. The number of hydrogen-bond acceptors (Lipinski definition) is 8. The molecule has 0 bridgehead atoms. The fourth-order valence-corrected chi connectivity index (χ4v) is 3.64. The highest BCUT2D eigenvalue weighted by molar-refractivity contribution is 7.80. The number of benzene rings is 1. The van der Waals surface area contributed by atoms with Gasteiger partial charge < -0.3 is 35.7 Å². The maximum Gasteiger partial charge on any atom is 0.410 e. The molecule has 1 saturated heterocycles. The Morgan fingerprint density at radius 2 is 1.97 bits per heavy atom. The molecule has 1 aromatic carbocycles. The first-order valence-corrected chi connectivity index (χ1v) is 11.4. The van der Waals surface area contributed by atoms with E-state index in [2.05, 4.69) is 5.32 Å². The molecule has 1 aliphatic rings. The normalized spacial score (nSPS) is 15.3. The first-order valence-electron chi connectivity index (χ1n) is 10.9. The van der Waals surface area contributed by atoms with Crippen LogP contribution in [-0.4, -0.2) is 41.6 Å². The Labute approximate surface area is 207 Å². The largest absolute Gasteiger partial charge is 0.493 e. The third kappa shape index (κ3) is 7.25. The van der Waals surface area contributed by atoms with Crippen LogP contribution in [0.4, 0.5) is 4.79 Å². The highest BCUT2D eigenvalue weighted by atomic mass is 32.1. The van der Waals surface area contributed by atoms with Crippen LogP contribution in [0, 0.1) is 0 Å². The highest BCUT2D eigenvalue weighted by Crippen LogP contribution is 2.25. The van der Waals surface area contributed by atoms with Crippen molar-refractivity contribution in [2.45, 2.75) is 45.2 Å². The molecular weight excluding hydrogens is 476 g/mol. The van der Waals surface area contributed by atoms with Crippen LogP contribution in [0.3, 0.4) is 0 Å². The molecular formula is C23H28N4O7S. The van der Waals surface area contributed by atoms with E-state index in [9.17, 15) is 14.4 Å². The van der Waals surface area contributed by atoms with E-state index in [1.807, 2.05) is 0 Å². The molecule has 1 atom stereocenters. The van der Waals surface area contributed by atoms with Crippen molar-refractivity contribution in [1.29, 1.82) is 0 Å². The van der Waals surface area contributed by atoms with Gasteiger partial charge in [-0.2, -0.15) is 0 Å². The number of carbonyl (C=O) groups excluding carboxylic acids is 2. The fourth-order valence-electron chi connectivity index (χ4n) is 3.50. The summed E-state index contributed by atoms with van der Waals surface area (Å²) < 4.78 is 22.6. The zero-order valence-corrected chi connectivity index (χ0v) is 20.1. The van der Waals surface area contributed by atoms with Crippen molar-refractivity contribution in [3.8, 4) is 11.5 Å². The van der Waals surface area contributed by atoms with Gasteiger partial charge in [0, 0.05) is 24.8 Å². The number of aromatic nitrogens is 1. The van der Waals surface area contributed by atoms with E-state index in [0.717, 1.165) is 29.4 Å². The van der Waals surface area contributed by atoms with E-state index < -0.39 is 29.6 Å². The lowest BCUT2D eigenvalue weighted by Gasteiger charge is -2.24. The Bertz CT molecular complexity index is 1130. The average molecular weight is 505 g/mol. The first kappa shape index (κ1) is 26.1. The van der Waals surface area contributed by atoms with Crippen LogP contribution in [-0.2, 0) is 34.0 Å². The molecule has 1 aliphatic heterocycles. The van der Waals surface area contributed by atoms with Crippen molar-refractivity contribution in [2.75, 3.05) is 13.7 Å². The molecule has 2 heterocycles. The summed E-state index contributed by atoms with van der Waals surface area (Å²) in [5.41, 5.74) is 11.8. The predicted octanol–water partition coefficient (Wildman–Crippen LogP) is 1.31. The van der Waals surface area contributed by atoms with Crippen LogP contribution in [0.2, 0.25) is 0 Å². The molecule has 11 nitrogen and oxygen atoms in total. The summed E-state index contributed by atoms with van der Waals surface area (Å²) in [6, 6.07) is 8.55. The highest BCUT2D eigenvalue weighted by Gasteiger charge is 2.22. The van der Waals surface area contributed by atoms with E-state index in [1.54, 1.807) is 24.3 Å². The van der Waals surface area contributed by atoms with Crippen molar-refractivity contribution in [2.24, 2.45) is 11.5 Å². The van der Waals surface area contributed by atoms with Crippen LogP contribution in [0.15, 0.2) is 35.1 Å². The smallest absolute Gasteiger partial charge is 0.410 e. The van der Waals surface area contributed by atoms with Crippen LogP contribution in [0.25, 0.3) is 0 Å². The number of carbonyl (C=O) groups is 2. The number of pyridine rings is 1. The summed E-state index contributed by atoms with van der Waals surface area (Å²) in [5.74, 6) is -0.874. The second-order valence-corrected chi connectivity index (χ2v) is 8.23. The summed E-state index contributed by atoms with van der Waals surface area (Å²) in [7, 11) is 1.32. The van der Waals surface area contributed by atoms with Gasteiger partial charge >= 0.3 is 6.09 Å². The van der Waals surface area contributed by atoms with Crippen LogP contribution in [0.5, 0.6) is 11.5 Å². The predicted molar refractivity (Wildman–Crippen MR) is 130 cm³/mol. The lowest BCUT2D eigenvalue weighted by molar-refractivity contribution is -0.170. The maximum absolute atomic E-state index is 13.1. The minimum atomic E-state index is -1.18. The monoisotopic (exact) mass is 504 g/mol. The number of nitrogens with one attached hydrogen (secondary N) is 1. The number of amides is 2. The van der Waals surface area contributed by atoms with Crippen molar-refractivity contribution >= 4 is 29.2 Å². The van der Waals surface area contributed by atoms with E-state index in [0.29, 0.717) is 17.9 Å². The van der Waals surface area contributed by atoms with Crippen molar-refractivity contribution in [1.82, 2.24) is 9.88 Å². The summed E-state index contributed by atoms with van der Waals surface area (Å²) in [6.45, 7) is 0.425. The Morgan fingerprint density at radius 3 is 2.57 bits per heavy atom. The number of ether oxygens (including phenoxy) is 4. The molecule has 3 rings (SSSR count). The molecule has 188 valence electrons. The molecule has 2 amide bonds. The average Bonchev–Trinajstić information content (AvgIpc) is 2.85. The number of primary amides is 1. The maximum atomic E-state index is 13.1. The van der Waals surface area contributed by atoms with Crippen molar-refractivity contribution < 1.29 is 28.5 Å². The molecule has 0 spiro atoms. The number of rotatable bonds is 10. The molecule has 0 aliphatic carbocycles. The van der Waals surface area contributed by atoms with Gasteiger partial charge in [0.05, 0.1) is 19.4 Å². The molecule has 2 aromatic rings. The van der Waals surface area contributed by atoms with Crippen molar-refractivity contribution in [3.63, 3.8) is 0 Å².